The topological polar surface area (TPSA) is 83.1 Å². The molecule has 122 valence electrons. The van der Waals surface area contributed by atoms with Crippen LogP contribution >= 0.6 is 0 Å². The number of allylic oxidation sites excluding steroid dienone is 2. The Bertz CT molecular complexity index is 1130. The fourth-order valence-corrected chi connectivity index (χ4v) is 2.62. The van der Waals surface area contributed by atoms with Gasteiger partial charge in [-0.1, -0.05) is 12.7 Å². The van der Waals surface area contributed by atoms with Crippen LogP contribution in [0.25, 0.3) is 40.6 Å². The Kier molecular flexibility index (Phi) is 3.70. The Morgan fingerprint density at radius 1 is 1.20 bits per heavy atom. The van der Waals surface area contributed by atoms with Crippen LogP contribution in [0.1, 0.15) is 12.6 Å². The molecule has 0 atom stereocenters. The number of rotatable bonds is 3. The van der Waals surface area contributed by atoms with E-state index >= 15 is 0 Å². The summed E-state index contributed by atoms with van der Waals surface area (Å²) in [5, 5.41) is 10.2. The maximum Gasteiger partial charge on any atom is 0.137 e. The lowest BCUT2D eigenvalue weighted by Gasteiger charge is -1.96. The predicted octanol–water partition coefficient (Wildman–Crippen LogP) is 2.04. The van der Waals surface area contributed by atoms with E-state index in [2.05, 4.69) is 36.7 Å². The van der Waals surface area contributed by atoms with Gasteiger partial charge in [-0.05, 0) is 36.8 Å². The Labute approximate surface area is 143 Å². The maximum absolute atomic E-state index is 4.40. The van der Waals surface area contributed by atoms with Crippen LogP contribution in [0.2, 0.25) is 0 Å². The second-order valence-electron chi connectivity index (χ2n) is 5.70. The molecular formula is C19H16N6. The lowest BCUT2D eigenvalue weighted by Crippen LogP contribution is -2.21. The van der Waals surface area contributed by atoms with Gasteiger partial charge in [0.25, 0.3) is 0 Å². The first-order valence-corrected chi connectivity index (χ1v) is 7.85. The fourth-order valence-electron chi connectivity index (χ4n) is 2.62. The van der Waals surface area contributed by atoms with Crippen LogP contribution in [-0.2, 0) is 0 Å². The van der Waals surface area contributed by atoms with Crippen LogP contribution < -0.4 is 10.6 Å². The highest BCUT2D eigenvalue weighted by molar-refractivity contribution is 5.82. The van der Waals surface area contributed by atoms with Crippen molar-refractivity contribution in [1.29, 1.82) is 0 Å². The van der Waals surface area contributed by atoms with Crippen molar-refractivity contribution in [3.63, 3.8) is 0 Å². The second-order valence-corrected chi connectivity index (χ2v) is 5.70. The van der Waals surface area contributed by atoms with Gasteiger partial charge in [0.05, 0.1) is 22.9 Å². The molecule has 4 heterocycles. The molecule has 0 aliphatic heterocycles. The molecule has 0 radical (unpaired) electrons. The fraction of sp³-hybridized carbons (Fsp3) is 0.0526. The van der Waals surface area contributed by atoms with Crippen molar-refractivity contribution in [3.8, 4) is 11.4 Å². The number of H-pyrrole nitrogens is 2. The van der Waals surface area contributed by atoms with E-state index in [1.54, 1.807) is 24.8 Å². The summed E-state index contributed by atoms with van der Waals surface area (Å²) in [5.74, 6) is 0. The molecule has 2 N–H and O–H groups in total. The van der Waals surface area contributed by atoms with Gasteiger partial charge in [0.15, 0.2) is 0 Å². The predicted molar refractivity (Wildman–Crippen MR) is 98.6 cm³/mol. The number of hydrogen-bond acceptors (Lipinski definition) is 4. The highest BCUT2D eigenvalue weighted by Crippen LogP contribution is 2.18. The highest BCUT2D eigenvalue weighted by atomic mass is 15.1. The van der Waals surface area contributed by atoms with Gasteiger partial charge in [0.2, 0.25) is 0 Å². The summed E-state index contributed by atoms with van der Waals surface area (Å²) in [7, 11) is 0. The average molecular weight is 328 g/mol. The van der Waals surface area contributed by atoms with Gasteiger partial charge in [0.1, 0.15) is 11.3 Å². The summed E-state index contributed by atoms with van der Waals surface area (Å²) >= 11 is 0. The minimum absolute atomic E-state index is 0.787. The quantitative estimate of drug-likeness (QED) is 0.603. The molecule has 6 nitrogen and oxygen atoms in total. The summed E-state index contributed by atoms with van der Waals surface area (Å²) in [5.41, 5.74) is 4.37. The summed E-state index contributed by atoms with van der Waals surface area (Å²) in [6.07, 6.45) is 10.8. The molecule has 6 heteroatoms. The zero-order valence-corrected chi connectivity index (χ0v) is 13.7. The molecule has 0 spiro atoms. The third kappa shape index (κ3) is 2.85. The van der Waals surface area contributed by atoms with Gasteiger partial charge in [-0.15, -0.1) is 0 Å². The first kappa shape index (κ1) is 15.0. The smallest absolute Gasteiger partial charge is 0.137 e. The summed E-state index contributed by atoms with van der Waals surface area (Å²) < 4.78 is 0. The Balaban J connectivity index is 1.73. The number of fused-ring (bicyclic) bond motifs is 1. The molecule has 0 unspecified atom stereocenters. The monoisotopic (exact) mass is 328 g/mol. The summed E-state index contributed by atoms with van der Waals surface area (Å²) in [4.78, 5) is 16.0. The molecule has 4 aromatic heterocycles. The molecule has 0 fully saturated rings. The molecular weight excluding hydrogens is 312 g/mol. The van der Waals surface area contributed by atoms with Crippen LogP contribution in [-0.4, -0.2) is 30.1 Å². The van der Waals surface area contributed by atoms with E-state index in [0.717, 1.165) is 44.3 Å². The van der Waals surface area contributed by atoms with E-state index in [0.29, 0.717) is 0 Å². The molecule has 0 saturated carbocycles. The van der Waals surface area contributed by atoms with Gasteiger partial charge in [0, 0.05) is 29.2 Å². The normalized spacial score (nSPS) is 12.8. The van der Waals surface area contributed by atoms with E-state index in [1.807, 2.05) is 37.3 Å². The summed E-state index contributed by atoms with van der Waals surface area (Å²) in [6, 6.07) is 5.95. The largest absolute Gasteiger partial charge is 0.338 e. The molecule has 0 amide bonds. The maximum atomic E-state index is 4.40. The highest BCUT2D eigenvalue weighted by Gasteiger charge is 2.07. The molecule has 0 saturated heterocycles. The van der Waals surface area contributed by atoms with E-state index in [9.17, 15) is 0 Å². The van der Waals surface area contributed by atoms with Crippen LogP contribution in [0.5, 0.6) is 0 Å². The van der Waals surface area contributed by atoms with E-state index < -0.39 is 0 Å². The van der Waals surface area contributed by atoms with Crippen molar-refractivity contribution < 1.29 is 0 Å². The molecule has 0 aromatic carbocycles. The Hall–Kier alpha value is -3.54. The SMILES string of the molecule is C=c1c(-c2cc3cccnc3[nH]2)n[nH]/c1=C/C=C(\C)c1cnccn1. The van der Waals surface area contributed by atoms with Crippen molar-refractivity contribution in [3.05, 3.63) is 65.3 Å². The van der Waals surface area contributed by atoms with Crippen LogP contribution in [0.4, 0.5) is 0 Å². The summed E-state index contributed by atoms with van der Waals surface area (Å²) in [6.45, 7) is 6.15. The van der Waals surface area contributed by atoms with Gasteiger partial charge in [-0.25, -0.2) is 4.98 Å². The molecule has 4 aromatic rings. The first-order valence-electron chi connectivity index (χ1n) is 7.85. The van der Waals surface area contributed by atoms with Gasteiger partial charge >= 0.3 is 0 Å². The van der Waals surface area contributed by atoms with Gasteiger partial charge < -0.3 is 4.98 Å². The van der Waals surface area contributed by atoms with E-state index in [1.165, 1.54) is 0 Å². The minimum atomic E-state index is 0.787. The van der Waals surface area contributed by atoms with Crippen molar-refractivity contribution in [1.82, 2.24) is 30.1 Å². The lowest BCUT2D eigenvalue weighted by molar-refractivity contribution is 1.06. The third-order valence-corrected chi connectivity index (χ3v) is 4.01. The Morgan fingerprint density at radius 3 is 2.92 bits per heavy atom. The van der Waals surface area contributed by atoms with Gasteiger partial charge in [-0.3, -0.25) is 15.1 Å². The minimum Gasteiger partial charge on any atom is -0.338 e. The molecule has 0 aliphatic carbocycles. The zero-order chi connectivity index (χ0) is 17.2. The molecule has 0 bridgehead atoms. The number of aromatic nitrogens is 6. The van der Waals surface area contributed by atoms with Crippen LogP contribution in [0, 0.1) is 0 Å². The first-order chi connectivity index (χ1) is 12.2. The van der Waals surface area contributed by atoms with Crippen molar-refractivity contribution in [2.75, 3.05) is 0 Å². The number of nitrogens with one attached hydrogen (secondary N) is 2. The van der Waals surface area contributed by atoms with Crippen molar-refractivity contribution in [2.45, 2.75) is 6.92 Å². The van der Waals surface area contributed by atoms with Crippen molar-refractivity contribution in [2.24, 2.45) is 0 Å². The standard InChI is InChI=1S/C19H16N6/c1-12(17-11-20-8-9-21-17)5-6-15-13(2)18(25-24-15)16-10-14-4-3-7-22-19(14)23-16/h3-11,24H,2H2,1H3,(H,22,23)/b12-5+,15-6+. The third-order valence-electron chi connectivity index (χ3n) is 4.01. The number of hydrogen-bond donors (Lipinski definition) is 2. The number of pyridine rings is 1. The van der Waals surface area contributed by atoms with Crippen LogP contribution in [0.15, 0.2) is 49.1 Å². The number of aromatic amines is 2. The van der Waals surface area contributed by atoms with E-state index in [-0.39, 0.29) is 0 Å². The van der Waals surface area contributed by atoms with E-state index in [4.69, 9.17) is 0 Å². The molecule has 4 rings (SSSR count). The number of nitrogens with zero attached hydrogens (tertiary/aromatic N) is 4. The van der Waals surface area contributed by atoms with Crippen molar-refractivity contribution >= 4 is 29.3 Å². The Morgan fingerprint density at radius 2 is 2.12 bits per heavy atom. The lowest BCUT2D eigenvalue weighted by atomic mass is 10.2. The zero-order valence-electron chi connectivity index (χ0n) is 13.7. The van der Waals surface area contributed by atoms with Gasteiger partial charge in [-0.2, -0.15) is 5.10 Å². The average Bonchev–Trinajstić information content (AvgIpc) is 3.23. The molecule has 25 heavy (non-hydrogen) atoms. The van der Waals surface area contributed by atoms with Crippen LogP contribution in [0.3, 0.4) is 0 Å². The second kappa shape index (κ2) is 6.16. The molecule has 0 aliphatic rings.